The first-order valence-electron chi connectivity index (χ1n) is 7.20. The van der Waals surface area contributed by atoms with Crippen LogP contribution in [0.15, 0.2) is 34.9 Å². The van der Waals surface area contributed by atoms with Crippen molar-refractivity contribution in [2.24, 2.45) is 0 Å². The van der Waals surface area contributed by atoms with Crippen LogP contribution in [-0.4, -0.2) is 28.7 Å². The average Bonchev–Trinajstić information content (AvgIpc) is 3.24. The summed E-state index contributed by atoms with van der Waals surface area (Å²) in [6.07, 6.45) is 2.76. The standard InChI is InChI=1S/C16H16N2O4/c19-15(14-9-13(18-22-14)11-4-5-11)17-7-6-10-2-1-3-12(8-10)16(20)21/h1-3,8-9,11H,4-7H2,(H,17,19)(H,20,21). The molecule has 1 heterocycles. The molecule has 1 amide bonds. The molecule has 1 saturated carbocycles. The number of rotatable bonds is 6. The summed E-state index contributed by atoms with van der Waals surface area (Å²) in [6, 6.07) is 8.36. The van der Waals surface area contributed by atoms with Gasteiger partial charge in [-0.15, -0.1) is 0 Å². The number of benzene rings is 1. The van der Waals surface area contributed by atoms with Gasteiger partial charge in [0.2, 0.25) is 5.76 Å². The van der Waals surface area contributed by atoms with Crippen molar-refractivity contribution in [2.45, 2.75) is 25.2 Å². The fraction of sp³-hybridized carbons (Fsp3) is 0.312. The van der Waals surface area contributed by atoms with E-state index in [1.54, 1.807) is 24.3 Å². The largest absolute Gasteiger partial charge is 0.478 e. The third-order valence-electron chi connectivity index (χ3n) is 3.62. The highest BCUT2D eigenvalue weighted by molar-refractivity contribution is 5.91. The molecule has 114 valence electrons. The molecule has 1 aromatic heterocycles. The number of hydrogen-bond acceptors (Lipinski definition) is 4. The van der Waals surface area contributed by atoms with Gasteiger partial charge in [0.15, 0.2) is 0 Å². The van der Waals surface area contributed by atoms with Crippen LogP contribution in [0.25, 0.3) is 0 Å². The summed E-state index contributed by atoms with van der Waals surface area (Å²) in [5.41, 5.74) is 1.95. The predicted molar refractivity (Wildman–Crippen MR) is 77.9 cm³/mol. The number of nitrogens with zero attached hydrogens (tertiary/aromatic N) is 1. The number of amides is 1. The summed E-state index contributed by atoms with van der Waals surface area (Å²) in [7, 11) is 0. The summed E-state index contributed by atoms with van der Waals surface area (Å²) in [5.74, 6) is -0.584. The van der Waals surface area contributed by atoms with Crippen molar-refractivity contribution in [1.29, 1.82) is 0 Å². The Hall–Kier alpha value is -2.63. The van der Waals surface area contributed by atoms with Crippen LogP contribution in [0, 0.1) is 0 Å². The highest BCUT2D eigenvalue weighted by Crippen LogP contribution is 2.39. The highest BCUT2D eigenvalue weighted by atomic mass is 16.5. The molecule has 6 nitrogen and oxygen atoms in total. The maximum atomic E-state index is 11.9. The molecule has 0 spiro atoms. The molecule has 0 saturated heterocycles. The molecule has 0 bridgehead atoms. The molecular weight excluding hydrogens is 284 g/mol. The first kappa shape index (κ1) is 14.3. The highest BCUT2D eigenvalue weighted by Gasteiger charge is 2.28. The molecule has 1 aromatic carbocycles. The van der Waals surface area contributed by atoms with Gasteiger partial charge in [-0.1, -0.05) is 17.3 Å². The molecule has 1 aliphatic carbocycles. The quantitative estimate of drug-likeness (QED) is 0.853. The molecule has 2 N–H and O–H groups in total. The number of hydrogen-bond donors (Lipinski definition) is 2. The van der Waals surface area contributed by atoms with Gasteiger partial charge in [-0.3, -0.25) is 4.79 Å². The Labute approximate surface area is 127 Å². The minimum Gasteiger partial charge on any atom is -0.478 e. The van der Waals surface area contributed by atoms with Gasteiger partial charge in [0.05, 0.1) is 11.3 Å². The van der Waals surface area contributed by atoms with Gasteiger partial charge in [-0.2, -0.15) is 0 Å². The lowest BCUT2D eigenvalue weighted by atomic mass is 10.1. The molecule has 0 atom stereocenters. The molecule has 3 rings (SSSR count). The van der Waals surface area contributed by atoms with E-state index in [9.17, 15) is 9.59 Å². The number of carbonyl (C=O) groups is 2. The Kier molecular flexibility index (Phi) is 3.91. The third kappa shape index (κ3) is 3.33. The van der Waals surface area contributed by atoms with Crippen LogP contribution in [-0.2, 0) is 6.42 Å². The Morgan fingerprint density at radius 1 is 1.32 bits per heavy atom. The first-order valence-corrected chi connectivity index (χ1v) is 7.20. The van der Waals surface area contributed by atoms with Crippen LogP contribution >= 0.6 is 0 Å². The Morgan fingerprint density at radius 3 is 2.86 bits per heavy atom. The van der Waals surface area contributed by atoms with Crippen molar-refractivity contribution in [2.75, 3.05) is 6.54 Å². The van der Waals surface area contributed by atoms with Crippen LogP contribution < -0.4 is 5.32 Å². The Balaban J connectivity index is 1.52. The van der Waals surface area contributed by atoms with Crippen molar-refractivity contribution in [3.8, 4) is 0 Å². The summed E-state index contributed by atoms with van der Waals surface area (Å²) in [5, 5.41) is 15.6. The lowest BCUT2D eigenvalue weighted by Crippen LogP contribution is -2.25. The van der Waals surface area contributed by atoms with Crippen LogP contribution in [0.3, 0.4) is 0 Å². The van der Waals surface area contributed by atoms with Crippen molar-refractivity contribution < 1.29 is 19.2 Å². The number of carboxylic acid groups (broad SMARTS) is 1. The van der Waals surface area contributed by atoms with Crippen LogP contribution in [0.2, 0.25) is 0 Å². The van der Waals surface area contributed by atoms with Gasteiger partial charge in [-0.05, 0) is 37.0 Å². The normalized spacial score (nSPS) is 13.8. The van der Waals surface area contributed by atoms with Crippen LogP contribution in [0.1, 0.15) is 50.9 Å². The van der Waals surface area contributed by atoms with Crippen molar-refractivity contribution in [3.63, 3.8) is 0 Å². The number of carboxylic acids is 1. The lowest BCUT2D eigenvalue weighted by Gasteiger charge is -2.04. The van der Waals surface area contributed by atoms with E-state index in [-0.39, 0.29) is 17.2 Å². The topological polar surface area (TPSA) is 92.4 Å². The Bertz CT molecular complexity index is 704. The molecule has 0 unspecified atom stereocenters. The summed E-state index contributed by atoms with van der Waals surface area (Å²) >= 11 is 0. The van der Waals surface area contributed by atoms with Crippen molar-refractivity contribution >= 4 is 11.9 Å². The van der Waals surface area contributed by atoms with E-state index in [4.69, 9.17) is 9.63 Å². The van der Waals surface area contributed by atoms with E-state index < -0.39 is 5.97 Å². The molecule has 0 radical (unpaired) electrons. The van der Waals surface area contributed by atoms with Gasteiger partial charge >= 0.3 is 5.97 Å². The van der Waals surface area contributed by atoms with Crippen molar-refractivity contribution in [3.05, 3.63) is 52.9 Å². The van der Waals surface area contributed by atoms with Gasteiger partial charge < -0.3 is 14.9 Å². The third-order valence-corrected chi connectivity index (χ3v) is 3.62. The Morgan fingerprint density at radius 2 is 2.14 bits per heavy atom. The maximum Gasteiger partial charge on any atom is 0.335 e. The second kappa shape index (κ2) is 6.01. The van der Waals surface area contributed by atoms with Gasteiger partial charge in [-0.25, -0.2) is 4.79 Å². The summed E-state index contributed by atoms with van der Waals surface area (Å²) in [6.45, 7) is 0.404. The zero-order valence-electron chi connectivity index (χ0n) is 11.9. The van der Waals surface area contributed by atoms with E-state index in [1.165, 1.54) is 0 Å². The predicted octanol–water partition coefficient (Wildman–Crippen LogP) is 2.22. The summed E-state index contributed by atoms with van der Waals surface area (Å²) in [4.78, 5) is 22.8. The van der Waals surface area contributed by atoms with E-state index in [2.05, 4.69) is 10.5 Å². The van der Waals surface area contributed by atoms with Crippen LogP contribution in [0.4, 0.5) is 0 Å². The zero-order chi connectivity index (χ0) is 15.5. The van der Waals surface area contributed by atoms with E-state index >= 15 is 0 Å². The average molecular weight is 300 g/mol. The van der Waals surface area contributed by atoms with E-state index in [0.29, 0.717) is 18.9 Å². The zero-order valence-corrected chi connectivity index (χ0v) is 11.9. The minimum absolute atomic E-state index is 0.223. The lowest BCUT2D eigenvalue weighted by molar-refractivity contribution is 0.0696. The molecular formula is C16H16N2O4. The minimum atomic E-state index is -0.958. The number of nitrogens with one attached hydrogen (secondary N) is 1. The number of aromatic nitrogens is 1. The maximum absolute atomic E-state index is 11.9. The molecule has 6 heteroatoms. The van der Waals surface area contributed by atoms with E-state index in [0.717, 1.165) is 24.1 Å². The van der Waals surface area contributed by atoms with Gasteiger partial charge in [0.1, 0.15) is 0 Å². The SMILES string of the molecule is O=C(O)c1cccc(CCNC(=O)c2cc(C3CC3)no2)c1. The number of carbonyl (C=O) groups excluding carboxylic acids is 1. The number of aromatic carboxylic acids is 1. The smallest absolute Gasteiger partial charge is 0.335 e. The second-order valence-corrected chi connectivity index (χ2v) is 5.40. The molecule has 0 aliphatic heterocycles. The monoisotopic (exact) mass is 300 g/mol. The molecule has 22 heavy (non-hydrogen) atoms. The van der Waals surface area contributed by atoms with Crippen LogP contribution in [0.5, 0.6) is 0 Å². The first-order chi connectivity index (χ1) is 10.6. The fourth-order valence-electron chi connectivity index (χ4n) is 2.23. The van der Waals surface area contributed by atoms with Gasteiger partial charge in [0.25, 0.3) is 5.91 Å². The second-order valence-electron chi connectivity index (χ2n) is 5.40. The summed E-state index contributed by atoms with van der Waals surface area (Å²) < 4.78 is 5.04. The van der Waals surface area contributed by atoms with E-state index in [1.807, 2.05) is 6.07 Å². The molecule has 2 aromatic rings. The molecule has 1 fully saturated rings. The van der Waals surface area contributed by atoms with Gasteiger partial charge in [0, 0.05) is 18.5 Å². The fourth-order valence-corrected chi connectivity index (χ4v) is 2.23. The van der Waals surface area contributed by atoms with Crippen molar-refractivity contribution in [1.82, 2.24) is 10.5 Å². The molecule has 1 aliphatic rings.